The number of aliphatic hydroxyl groups is 1. The van der Waals surface area contributed by atoms with E-state index in [1.165, 1.54) is 30.4 Å². The molecule has 2 nitrogen and oxygen atoms in total. The second-order valence-corrected chi connectivity index (χ2v) is 7.58. The summed E-state index contributed by atoms with van der Waals surface area (Å²) in [5.41, 5.74) is 3.20. The monoisotopic (exact) mass is 272 g/mol. The van der Waals surface area contributed by atoms with Gasteiger partial charge in [0.2, 0.25) is 0 Å². The summed E-state index contributed by atoms with van der Waals surface area (Å²) in [6, 6.07) is 5.96. The van der Waals surface area contributed by atoms with Crippen molar-refractivity contribution >= 4 is 0 Å². The average molecular weight is 272 g/mol. The maximum Gasteiger partial charge on any atom is 0.115 e. The molecule has 2 fully saturated rings. The third-order valence-corrected chi connectivity index (χ3v) is 6.46. The average Bonchev–Trinajstić information content (AvgIpc) is 2.72. The SMILES string of the molecule is C[C@]12CC[C@H]3c4ccc(O)cc4CC[C@H]3[C@@H]1C[C@@H](O)C2. The van der Waals surface area contributed by atoms with Gasteiger partial charge in [0.15, 0.2) is 0 Å². The topological polar surface area (TPSA) is 40.5 Å². The minimum absolute atomic E-state index is 0.0787. The molecule has 2 heteroatoms. The van der Waals surface area contributed by atoms with E-state index >= 15 is 0 Å². The van der Waals surface area contributed by atoms with Crippen molar-refractivity contribution in [2.45, 2.75) is 57.5 Å². The summed E-state index contributed by atoms with van der Waals surface area (Å²) in [5, 5.41) is 19.8. The van der Waals surface area contributed by atoms with Gasteiger partial charge in [-0.1, -0.05) is 13.0 Å². The fourth-order valence-electron chi connectivity index (χ4n) is 5.59. The van der Waals surface area contributed by atoms with E-state index in [1.807, 2.05) is 12.1 Å². The summed E-state index contributed by atoms with van der Waals surface area (Å²) in [5.74, 6) is 2.49. The van der Waals surface area contributed by atoms with Crippen LogP contribution in [0.4, 0.5) is 0 Å². The van der Waals surface area contributed by atoms with Crippen molar-refractivity contribution in [1.29, 1.82) is 0 Å². The minimum atomic E-state index is -0.0787. The summed E-state index contributed by atoms with van der Waals surface area (Å²) in [7, 11) is 0. The summed E-state index contributed by atoms with van der Waals surface area (Å²) in [4.78, 5) is 0. The molecule has 0 spiro atoms. The molecule has 0 aliphatic heterocycles. The van der Waals surface area contributed by atoms with E-state index in [0.717, 1.165) is 25.2 Å². The third-order valence-electron chi connectivity index (χ3n) is 6.46. The van der Waals surface area contributed by atoms with Crippen molar-refractivity contribution in [3.05, 3.63) is 29.3 Å². The highest BCUT2D eigenvalue weighted by atomic mass is 16.3. The van der Waals surface area contributed by atoms with Crippen molar-refractivity contribution in [3.8, 4) is 5.75 Å². The Morgan fingerprint density at radius 1 is 1.25 bits per heavy atom. The van der Waals surface area contributed by atoms with Gasteiger partial charge in [0.05, 0.1) is 6.10 Å². The van der Waals surface area contributed by atoms with Gasteiger partial charge >= 0.3 is 0 Å². The summed E-state index contributed by atoms with van der Waals surface area (Å²) in [6.07, 6.45) is 6.75. The van der Waals surface area contributed by atoms with Crippen LogP contribution in [0.5, 0.6) is 5.75 Å². The van der Waals surface area contributed by atoms with Gasteiger partial charge in [0.1, 0.15) is 5.75 Å². The number of phenols is 1. The second-order valence-electron chi connectivity index (χ2n) is 7.58. The number of hydrogen-bond acceptors (Lipinski definition) is 2. The van der Waals surface area contributed by atoms with E-state index in [9.17, 15) is 10.2 Å². The second kappa shape index (κ2) is 4.24. The molecule has 1 aromatic rings. The van der Waals surface area contributed by atoms with Crippen LogP contribution in [0.2, 0.25) is 0 Å². The molecule has 1 aromatic carbocycles. The molecule has 0 saturated heterocycles. The molecule has 0 unspecified atom stereocenters. The molecule has 5 atom stereocenters. The molecule has 20 heavy (non-hydrogen) atoms. The van der Waals surface area contributed by atoms with Gasteiger partial charge in [-0.25, -0.2) is 0 Å². The van der Waals surface area contributed by atoms with Gasteiger partial charge in [-0.2, -0.15) is 0 Å². The van der Waals surface area contributed by atoms with Gasteiger partial charge < -0.3 is 10.2 Å². The Labute approximate surface area is 120 Å². The van der Waals surface area contributed by atoms with Crippen LogP contribution in [-0.4, -0.2) is 16.3 Å². The van der Waals surface area contributed by atoms with Crippen LogP contribution in [0.3, 0.4) is 0 Å². The molecule has 0 amide bonds. The Morgan fingerprint density at radius 3 is 2.95 bits per heavy atom. The van der Waals surface area contributed by atoms with Crippen LogP contribution in [0.15, 0.2) is 18.2 Å². The lowest BCUT2D eigenvalue weighted by Crippen LogP contribution is -2.39. The van der Waals surface area contributed by atoms with Gasteiger partial charge in [-0.15, -0.1) is 0 Å². The normalized spacial score (nSPS) is 42.7. The van der Waals surface area contributed by atoms with E-state index in [-0.39, 0.29) is 6.10 Å². The van der Waals surface area contributed by atoms with E-state index in [2.05, 4.69) is 13.0 Å². The molecule has 0 radical (unpaired) electrons. The van der Waals surface area contributed by atoms with Gasteiger partial charge in [-0.05, 0) is 85.0 Å². The molecular weight excluding hydrogens is 248 g/mol. The van der Waals surface area contributed by atoms with Crippen LogP contribution < -0.4 is 0 Å². The molecule has 2 N–H and O–H groups in total. The lowest BCUT2D eigenvalue weighted by atomic mass is 9.56. The van der Waals surface area contributed by atoms with Gasteiger partial charge in [0, 0.05) is 0 Å². The first-order chi connectivity index (χ1) is 9.57. The van der Waals surface area contributed by atoms with E-state index in [1.54, 1.807) is 0 Å². The van der Waals surface area contributed by atoms with Crippen LogP contribution in [0.25, 0.3) is 0 Å². The Bertz CT molecular complexity index is 538. The Hall–Kier alpha value is -1.02. The number of hydrogen-bond donors (Lipinski definition) is 2. The highest BCUT2D eigenvalue weighted by Crippen LogP contribution is 2.60. The number of fused-ring (bicyclic) bond motifs is 5. The zero-order valence-corrected chi connectivity index (χ0v) is 12.2. The molecule has 2 saturated carbocycles. The minimum Gasteiger partial charge on any atom is -0.508 e. The number of benzene rings is 1. The van der Waals surface area contributed by atoms with Crippen LogP contribution in [0, 0.1) is 17.3 Å². The van der Waals surface area contributed by atoms with Crippen LogP contribution in [-0.2, 0) is 6.42 Å². The Morgan fingerprint density at radius 2 is 2.10 bits per heavy atom. The summed E-state index contributed by atoms with van der Waals surface area (Å²) < 4.78 is 0. The summed E-state index contributed by atoms with van der Waals surface area (Å²) >= 11 is 0. The third kappa shape index (κ3) is 1.74. The quantitative estimate of drug-likeness (QED) is 0.757. The van der Waals surface area contributed by atoms with Crippen LogP contribution >= 0.6 is 0 Å². The maximum atomic E-state index is 10.1. The van der Waals surface area contributed by atoms with Crippen molar-refractivity contribution in [2.75, 3.05) is 0 Å². The van der Waals surface area contributed by atoms with Crippen molar-refractivity contribution in [1.82, 2.24) is 0 Å². The Kier molecular flexibility index (Phi) is 2.69. The van der Waals surface area contributed by atoms with E-state index in [4.69, 9.17) is 0 Å². The first-order valence-electron chi connectivity index (χ1n) is 8.07. The zero-order chi connectivity index (χ0) is 13.9. The van der Waals surface area contributed by atoms with E-state index in [0.29, 0.717) is 23.0 Å². The number of aliphatic hydroxyl groups excluding tert-OH is 1. The van der Waals surface area contributed by atoms with Crippen molar-refractivity contribution < 1.29 is 10.2 Å². The highest BCUT2D eigenvalue weighted by Gasteiger charge is 2.52. The molecule has 0 aromatic heterocycles. The maximum absolute atomic E-state index is 10.1. The highest BCUT2D eigenvalue weighted by molar-refractivity contribution is 5.40. The Balaban J connectivity index is 1.70. The lowest BCUT2D eigenvalue weighted by molar-refractivity contribution is 0.0596. The first kappa shape index (κ1) is 12.7. The van der Waals surface area contributed by atoms with Crippen LogP contribution in [0.1, 0.15) is 56.1 Å². The van der Waals surface area contributed by atoms with Crippen molar-refractivity contribution in [3.63, 3.8) is 0 Å². The lowest BCUT2D eigenvalue weighted by Gasteiger charge is -2.49. The number of phenolic OH excluding ortho intramolecular Hbond substituents is 1. The standard InChI is InChI=1S/C18H24O2/c1-18-7-6-15-14-5-3-12(19)8-11(14)2-4-16(15)17(18)9-13(20)10-18/h3,5,8,13,15-17,19-20H,2,4,6-7,9-10H2,1H3/t13-,15+,16-,17+,18-/m1/s1. The zero-order valence-electron chi connectivity index (χ0n) is 12.2. The summed E-state index contributed by atoms with van der Waals surface area (Å²) in [6.45, 7) is 2.40. The number of aryl methyl sites for hydroxylation is 1. The number of aromatic hydroxyl groups is 1. The smallest absolute Gasteiger partial charge is 0.115 e. The molecule has 3 aliphatic rings. The van der Waals surface area contributed by atoms with Crippen molar-refractivity contribution in [2.24, 2.45) is 17.3 Å². The van der Waals surface area contributed by atoms with Gasteiger partial charge in [-0.3, -0.25) is 0 Å². The predicted octanol–water partition coefficient (Wildman–Crippen LogP) is 3.61. The predicted molar refractivity (Wildman–Crippen MR) is 78.7 cm³/mol. The van der Waals surface area contributed by atoms with Gasteiger partial charge in [0.25, 0.3) is 0 Å². The molecule has 108 valence electrons. The molecule has 0 bridgehead atoms. The molecule has 0 heterocycles. The van der Waals surface area contributed by atoms with E-state index < -0.39 is 0 Å². The molecule has 3 aliphatic carbocycles. The largest absolute Gasteiger partial charge is 0.508 e. The molecular formula is C18H24O2. The number of rotatable bonds is 0. The first-order valence-corrected chi connectivity index (χ1v) is 8.07. The fourth-order valence-corrected chi connectivity index (χ4v) is 5.59. The fraction of sp³-hybridized carbons (Fsp3) is 0.667. The molecule has 4 rings (SSSR count).